The lowest BCUT2D eigenvalue weighted by atomic mass is 9.89. The lowest BCUT2D eigenvalue weighted by Gasteiger charge is -2.43. The van der Waals surface area contributed by atoms with Gasteiger partial charge < -0.3 is 24.3 Å². The van der Waals surface area contributed by atoms with Crippen LogP contribution in [0.5, 0.6) is 11.6 Å². The highest BCUT2D eigenvalue weighted by molar-refractivity contribution is 6.32. The summed E-state index contributed by atoms with van der Waals surface area (Å²) in [5.41, 5.74) is 2.45. The third-order valence-electron chi connectivity index (χ3n) is 9.74. The van der Waals surface area contributed by atoms with Crippen molar-refractivity contribution < 1.29 is 18.9 Å². The van der Waals surface area contributed by atoms with E-state index in [1.54, 1.807) is 30.5 Å². The number of anilines is 2. The van der Waals surface area contributed by atoms with Crippen LogP contribution in [-0.4, -0.2) is 103 Å². The Labute approximate surface area is 291 Å². The van der Waals surface area contributed by atoms with E-state index in [0.29, 0.717) is 66.5 Å². The van der Waals surface area contributed by atoms with Gasteiger partial charge in [-0.1, -0.05) is 24.6 Å². The van der Waals surface area contributed by atoms with Gasteiger partial charge in [0.15, 0.2) is 0 Å². The molecule has 1 saturated carbocycles. The molecule has 5 heterocycles. The number of nitrogens with one attached hydrogen (secondary N) is 1. The quantitative estimate of drug-likeness (QED) is 0.186. The first-order valence-electron chi connectivity index (χ1n) is 17.3. The minimum atomic E-state index is -0.205. The van der Waals surface area contributed by atoms with Crippen molar-refractivity contribution in [3.8, 4) is 22.8 Å². The molecule has 1 unspecified atom stereocenters. The average molecular weight is 693 g/mol. The number of aromatic nitrogens is 8. The number of halogens is 1. The van der Waals surface area contributed by atoms with Gasteiger partial charge in [-0.2, -0.15) is 0 Å². The zero-order valence-electron chi connectivity index (χ0n) is 28.3. The molecule has 262 valence electrons. The zero-order valence-corrected chi connectivity index (χ0v) is 29.1. The Kier molecular flexibility index (Phi) is 10.5. The van der Waals surface area contributed by atoms with Crippen molar-refractivity contribution in [2.24, 2.45) is 5.92 Å². The number of ether oxygens (including phenoxy) is 4. The van der Waals surface area contributed by atoms with Crippen molar-refractivity contribution in [1.82, 2.24) is 44.9 Å². The van der Waals surface area contributed by atoms with Crippen molar-refractivity contribution in [3.05, 3.63) is 48.1 Å². The number of benzene rings is 1. The van der Waals surface area contributed by atoms with E-state index in [-0.39, 0.29) is 12.0 Å². The Morgan fingerprint density at radius 2 is 1.69 bits per heavy atom. The molecule has 49 heavy (non-hydrogen) atoms. The first-order valence-corrected chi connectivity index (χ1v) is 17.6. The number of rotatable bonds is 14. The monoisotopic (exact) mass is 692 g/mol. The highest BCUT2D eigenvalue weighted by atomic mass is 35.5. The third kappa shape index (κ3) is 7.98. The summed E-state index contributed by atoms with van der Waals surface area (Å²) in [6.07, 6.45) is 14.0. The van der Waals surface area contributed by atoms with E-state index in [9.17, 15) is 0 Å². The summed E-state index contributed by atoms with van der Waals surface area (Å²) in [6.45, 7) is 7.38. The highest BCUT2D eigenvalue weighted by Gasteiger charge is 2.42. The topological polar surface area (TPSA) is 139 Å². The van der Waals surface area contributed by atoms with E-state index >= 15 is 0 Å². The molecule has 0 spiro atoms. The maximum atomic E-state index is 6.47. The molecule has 1 aliphatic carbocycles. The Morgan fingerprint density at radius 3 is 2.41 bits per heavy atom. The highest BCUT2D eigenvalue weighted by Crippen LogP contribution is 2.40. The Morgan fingerprint density at radius 1 is 0.959 bits per heavy atom. The van der Waals surface area contributed by atoms with Crippen LogP contribution >= 0.6 is 11.6 Å². The van der Waals surface area contributed by atoms with E-state index in [1.807, 2.05) is 31.3 Å². The molecule has 15 heteroatoms. The van der Waals surface area contributed by atoms with Crippen LogP contribution in [-0.2, 0) is 16.0 Å². The van der Waals surface area contributed by atoms with Gasteiger partial charge >= 0.3 is 0 Å². The van der Waals surface area contributed by atoms with Gasteiger partial charge in [-0.15, -0.1) is 10.2 Å². The molecule has 1 aromatic carbocycles. The van der Waals surface area contributed by atoms with E-state index in [4.69, 9.17) is 35.6 Å². The van der Waals surface area contributed by atoms with Crippen LogP contribution < -0.4 is 14.8 Å². The van der Waals surface area contributed by atoms with E-state index in [2.05, 4.69) is 47.3 Å². The number of hydrogen-bond acceptors (Lipinski definition) is 12. The van der Waals surface area contributed by atoms with Crippen LogP contribution in [0.15, 0.2) is 43.1 Å². The van der Waals surface area contributed by atoms with E-state index in [1.165, 1.54) is 25.7 Å². The zero-order chi connectivity index (χ0) is 33.7. The van der Waals surface area contributed by atoms with Gasteiger partial charge in [0.25, 0.3) is 5.88 Å². The minimum absolute atomic E-state index is 0.205. The number of nitrogens with zero attached hydrogens (tertiary/aromatic N) is 9. The second-order valence-corrected chi connectivity index (χ2v) is 14.0. The fraction of sp³-hybridized carbons (Fsp3) is 0.588. The van der Waals surface area contributed by atoms with Gasteiger partial charge in [-0.25, -0.2) is 14.6 Å². The number of hydrogen-bond donors (Lipinski definition) is 1. The molecule has 1 N–H and O–H groups in total. The number of morpholine rings is 1. The largest absolute Gasteiger partial charge is 0.487 e. The summed E-state index contributed by atoms with van der Waals surface area (Å²) in [6, 6.07) is 7.74. The van der Waals surface area contributed by atoms with Crippen LogP contribution in [0.1, 0.15) is 58.4 Å². The molecule has 3 aromatic heterocycles. The van der Waals surface area contributed by atoms with E-state index < -0.39 is 0 Å². The molecule has 0 radical (unpaired) electrons. The summed E-state index contributed by atoms with van der Waals surface area (Å²) in [4.78, 5) is 12.0. The average Bonchev–Trinajstić information content (AvgIpc) is 3.83. The fourth-order valence-electron chi connectivity index (χ4n) is 7.40. The van der Waals surface area contributed by atoms with Gasteiger partial charge in [0.1, 0.15) is 23.9 Å². The molecule has 2 bridgehead atoms. The summed E-state index contributed by atoms with van der Waals surface area (Å²) in [7, 11) is 1.70. The Bertz CT molecular complexity index is 1630. The SMILES string of the molecule is COCC(C)COc1nn(C2CCC(N3[C@@H]4CC[C@H]3COC4)CC2)cc1Nc1ncc(-c2ccc(Cl)c(O[C@@H](C)Cn3cnnn3)c2)cn1. The summed E-state index contributed by atoms with van der Waals surface area (Å²) in [5, 5.41) is 20.1. The maximum Gasteiger partial charge on any atom is 0.256 e. The first kappa shape index (κ1) is 33.6. The Hall–Kier alpha value is -3.85. The molecule has 14 nitrogen and oxygen atoms in total. The lowest BCUT2D eigenvalue weighted by Crippen LogP contribution is -2.52. The number of fused-ring (bicyclic) bond motifs is 2. The second-order valence-electron chi connectivity index (χ2n) is 13.6. The molecule has 0 amide bonds. The normalized spacial score (nSPS) is 23.7. The van der Waals surface area contributed by atoms with Crippen LogP contribution in [0.4, 0.5) is 11.6 Å². The van der Waals surface area contributed by atoms with Gasteiger partial charge in [-0.3, -0.25) is 9.58 Å². The van der Waals surface area contributed by atoms with Crippen LogP contribution in [0.3, 0.4) is 0 Å². The number of methoxy groups -OCH3 is 1. The molecule has 4 atom stereocenters. The van der Waals surface area contributed by atoms with Gasteiger partial charge in [0.05, 0.1) is 50.2 Å². The molecule has 7 rings (SSSR count). The molecule has 3 fully saturated rings. The maximum absolute atomic E-state index is 6.47. The molecule has 4 aromatic rings. The predicted octanol–water partition coefficient (Wildman–Crippen LogP) is 5.20. The van der Waals surface area contributed by atoms with Crippen LogP contribution in [0, 0.1) is 5.92 Å². The van der Waals surface area contributed by atoms with E-state index in [0.717, 1.165) is 42.9 Å². The smallest absolute Gasteiger partial charge is 0.256 e. The fourth-order valence-corrected chi connectivity index (χ4v) is 7.56. The molecule has 2 aliphatic heterocycles. The summed E-state index contributed by atoms with van der Waals surface area (Å²) < 4.78 is 27.2. The molecule has 2 saturated heterocycles. The molecule has 3 aliphatic rings. The van der Waals surface area contributed by atoms with Crippen molar-refractivity contribution >= 4 is 23.2 Å². The van der Waals surface area contributed by atoms with Gasteiger partial charge in [-0.05, 0) is 73.6 Å². The molecular weight excluding hydrogens is 648 g/mol. The predicted molar refractivity (Wildman–Crippen MR) is 183 cm³/mol. The third-order valence-corrected chi connectivity index (χ3v) is 10.1. The van der Waals surface area contributed by atoms with Gasteiger partial charge in [0, 0.05) is 49.1 Å². The standard InChI is InChI=1S/C34H45ClN10O4/c1-22(17-46-3)18-48-33-31(16-44(40-33)26-5-7-27(8-6-26)45-28-9-10-29(45)20-47-19-28)39-34-36-13-25(14-37-34)24-4-11-30(35)32(12-24)49-23(2)15-43-21-38-41-42-43/h4,11-14,16,21-23,26-29H,5-10,15,17-20H2,1-3H3,(H,36,37,39)/t22?,23-,26?,27?,28-,29+/m0/s1. The second kappa shape index (κ2) is 15.4. The minimum Gasteiger partial charge on any atom is -0.487 e. The van der Waals surface area contributed by atoms with Crippen LogP contribution in [0.25, 0.3) is 11.1 Å². The lowest BCUT2D eigenvalue weighted by molar-refractivity contribution is -0.0458. The molecular formula is C34H45ClN10O4. The first-order chi connectivity index (χ1) is 23.9. The van der Waals surface area contributed by atoms with Crippen molar-refractivity contribution in [2.75, 3.05) is 38.9 Å². The van der Waals surface area contributed by atoms with Crippen molar-refractivity contribution in [2.45, 2.75) is 89.2 Å². The summed E-state index contributed by atoms with van der Waals surface area (Å²) >= 11 is 6.47. The Balaban J connectivity index is 1.02. The van der Waals surface area contributed by atoms with Crippen molar-refractivity contribution in [1.29, 1.82) is 0 Å². The van der Waals surface area contributed by atoms with Crippen molar-refractivity contribution in [3.63, 3.8) is 0 Å². The number of tetrazole rings is 1. The van der Waals surface area contributed by atoms with Crippen LogP contribution in [0.2, 0.25) is 5.02 Å². The van der Waals surface area contributed by atoms with Gasteiger partial charge in [0.2, 0.25) is 5.95 Å². The summed E-state index contributed by atoms with van der Waals surface area (Å²) in [5.74, 6) is 1.77.